The van der Waals surface area contributed by atoms with Gasteiger partial charge in [-0.3, -0.25) is 14.4 Å². The topological polar surface area (TPSA) is 90.4 Å². The van der Waals surface area contributed by atoms with E-state index in [9.17, 15) is 19.5 Å². The van der Waals surface area contributed by atoms with Gasteiger partial charge in [0.1, 0.15) is 11.6 Å². The highest BCUT2D eigenvalue weighted by Gasteiger charge is 2.75. The van der Waals surface area contributed by atoms with E-state index in [1.807, 2.05) is 43.1 Å². The van der Waals surface area contributed by atoms with E-state index in [1.165, 1.54) is 0 Å². The zero-order chi connectivity index (χ0) is 24.0. The van der Waals surface area contributed by atoms with Crippen molar-refractivity contribution in [2.45, 2.75) is 69.7 Å². The van der Waals surface area contributed by atoms with Gasteiger partial charge in [0.05, 0.1) is 17.4 Å². The van der Waals surface area contributed by atoms with Crippen LogP contribution >= 0.6 is 0 Å². The molecule has 0 saturated carbocycles. The highest BCUT2D eigenvalue weighted by molar-refractivity contribution is 6.00. The fourth-order valence-electron chi connectivity index (χ4n) is 6.35. The number of fused-ring (bicyclic) bond motifs is 2. The van der Waals surface area contributed by atoms with Gasteiger partial charge in [-0.2, -0.15) is 0 Å². The maximum absolute atomic E-state index is 14.0. The molecule has 4 rings (SSSR count). The molecule has 4 heterocycles. The molecule has 8 heteroatoms. The minimum atomic E-state index is -1.21. The third kappa shape index (κ3) is 3.44. The maximum Gasteiger partial charge on any atom is 0.249 e. The molecule has 4 aliphatic rings. The number of hydrogen-bond donors (Lipinski definition) is 1. The summed E-state index contributed by atoms with van der Waals surface area (Å²) in [5, 5.41) is 9.47. The van der Waals surface area contributed by atoms with E-state index in [4.69, 9.17) is 4.74 Å². The van der Waals surface area contributed by atoms with Crippen molar-refractivity contribution in [2.75, 3.05) is 33.3 Å². The number of aliphatic hydroxyl groups excluding tert-OH is 1. The molecule has 0 aromatic carbocycles. The molecule has 2 saturated heterocycles. The molecule has 0 aliphatic carbocycles. The molecule has 33 heavy (non-hydrogen) atoms. The SMILES string of the molecule is CCCC(C)N1CC=C[C@]23O[C@]4(CC)C=CCN(C)C(=O)[C@@H]4[C@H]2C(=O)N(CCCO)C3C1=O. The van der Waals surface area contributed by atoms with E-state index in [1.54, 1.807) is 16.8 Å². The van der Waals surface area contributed by atoms with Crippen LogP contribution < -0.4 is 0 Å². The van der Waals surface area contributed by atoms with Gasteiger partial charge in [-0.15, -0.1) is 0 Å². The van der Waals surface area contributed by atoms with E-state index in [2.05, 4.69) is 6.92 Å². The molecule has 0 bridgehead atoms. The Bertz CT molecular complexity index is 872. The van der Waals surface area contributed by atoms with E-state index in [0.29, 0.717) is 25.9 Å². The standard InChI is InChI=1S/C25H37N3O5/c1-5-10-17(3)27-14-8-12-25-19(22(31)28(15-9-16-29)20(25)23(27)32)18-21(30)26(4)13-7-11-24(18,6-2)33-25/h7-8,11-12,17-20,29H,5-6,9-10,13-16H2,1-4H3/t17?,18-,19-,20?,24+,25-/m0/s1. The smallest absolute Gasteiger partial charge is 0.249 e. The molecule has 1 N–H and O–H groups in total. The van der Waals surface area contributed by atoms with E-state index >= 15 is 0 Å². The lowest BCUT2D eigenvalue weighted by Crippen LogP contribution is -2.57. The summed E-state index contributed by atoms with van der Waals surface area (Å²) in [4.78, 5) is 46.6. The Morgan fingerprint density at radius 3 is 2.48 bits per heavy atom. The van der Waals surface area contributed by atoms with Crippen LogP contribution in [0.2, 0.25) is 0 Å². The van der Waals surface area contributed by atoms with E-state index in [0.717, 1.165) is 12.8 Å². The lowest BCUT2D eigenvalue weighted by molar-refractivity contribution is -0.155. The second-order valence-electron chi connectivity index (χ2n) is 9.88. The van der Waals surface area contributed by atoms with E-state index in [-0.39, 0.29) is 36.9 Å². The largest absolute Gasteiger partial charge is 0.396 e. The summed E-state index contributed by atoms with van der Waals surface area (Å²) in [6.45, 7) is 7.17. The zero-order valence-electron chi connectivity index (χ0n) is 20.2. The molecule has 3 amide bonds. The molecule has 4 aliphatic heterocycles. The van der Waals surface area contributed by atoms with Gasteiger partial charge in [-0.1, -0.05) is 44.6 Å². The Labute approximate surface area is 196 Å². The number of likely N-dealkylation sites (tertiary alicyclic amines) is 1. The third-order valence-electron chi connectivity index (χ3n) is 7.97. The minimum Gasteiger partial charge on any atom is -0.396 e. The summed E-state index contributed by atoms with van der Waals surface area (Å²) in [5.74, 6) is -1.96. The van der Waals surface area contributed by atoms with Crippen LogP contribution in [0.4, 0.5) is 0 Å². The normalized spacial score (nSPS) is 36.6. The van der Waals surface area contributed by atoms with Crippen LogP contribution in [0.25, 0.3) is 0 Å². The molecular formula is C25H37N3O5. The van der Waals surface area contributed by atoms with Crippen LogP contribution in [0.1, 0.15) is 46.5 Å². The highest BCUT2D eigenvalue weighted by atomic mass is 16.5. The van der Waals surface area contributed by atoms with Gasteiger partial charge in [-0.05, 0) is 26.2 Å². The van der Waals surface area contributed by atoms with Gasteiger partial charge in [0.25, 0.3) is 0 Å². The number of rotatable bonds is 7. The number of carbonyl (C=O) groups is 3. The molecule has 8 nitrogen and oxygen atoms in total. The van der Waals surface area contributed by atoms with Crippen molar-refractivity contribution in [1.82, 2.24) is 14.7 Å². The second kappa shape index (κ2) is 8.87. The van der Waals surface area contributed by atoms with E-state index < -0.39 is 29.1 Å². The van der Waals surface area contributed by atoms with Crippen molar-refractivity contribution < 1.29 is 24.2 Å². The van der Waals surface area contributed by atoms with Gasteiger partial charge in [0.2, 0.25) is 17.7 Å². The minimum absolute atomic E-state index is 0.0239. The lowest BCUT2D eigenvalue weighted by atomic mass is 9.73. The summed E-state index contributed by atoms with van der Waals surface area (Å²) in [6, 6.07) is -0.822. The average molecular weight is 460 g/mol. The Hall–Kier alpha value is -2.19. The molecule has 2 fully saturated rings. The van der Waals surface area contributed by atoms with Crippen molar-refractivity contribution in [2.24, 2.45) is 11.8 Å². The molecule has 0 aromatic rings. The van der Waals surface area contributed by atoms with Crippen molar-refractivity contribution in [3.63, 3.8) is 0 Å². The Kier molecular flexibility index (Phi) is 6.44. The van der Waals surface area contributed by atoms with Crippen molar-refractivity contribution >= 4 is 17.7 Å². The number of aliphatic hydroxyl groups is 1. The first-order chi connectivity index (χ1) is 15.8. The van der Waals surface area contributed by atoms with Crippen molar-refractivity contribution in [3.8, 4) is 0 Å². The van der Waals surface area contributed by atoms with Crippen LogP contribution in [0.3, 0.4) is 0 Å². The first-order valence-electron chi connectivity index (χ1n) is 12.3. The first-order valence-corrected chi connectivity index (χ1v) is 12.3. The quantitative estimate of drug-likeness (QED) is 0.581. The van der Waals surface area contributed by atoms with Gasteiger partial charge >= 0.3 is 0 Å². The molecule has 182 valence electrons. The molecule has 0 aromatic heterocycles. The Morgan fingerprint density at radius 1 is 1.09 bits per heavy atom. The van der Waals surface area contributed by atoms with Crippen molar-refractivity contribution in [3.05, 3.63) is 24.3 Å². The molecule has 0 radical (unpaired) electrons. The predicted octanol–water partition coefficient (Wildman–Crippen LogP) is 1.35. The maximum atomic E-state index is 14.0. The summed E-state index contributed by atoms with van der Waals surface area (Å²) < 4.78 is 6.84. The van der Waals surface area contributed by atoms with Crippen LogP contribution in [-0.4, -0.2) is 94.1 Å². The van der Waals surface area contributed by atoms with Crippen LogP contribution in [-0.2, 0) is 19.1 Å². The fourth-order valence-corrected chi connectivity index (χ4v) is 6.35. The predicted molar refractivity (Wildman–Crippen MR) is 123 cm³/mol. The molecule has 1 spiro atoms. The molecule has 6 atom stereocenters. The van der Waals surface area contributed by atoms with Gasteiger partial charge in [0.15, 0.2) is 0 Å². The number of likely N-dealkylation sites (N-methyl/N-ethyl adjacent to an activating group) is 1. The number of amides is 3. The van der Waals surface area contributed by atoms with Crippen molar-refractivity contribution in [1.29, 1.82) is 0 Å². The summed E-state index contributed by atoms with van der Waals surface area (Å²) in [5.41, 5.74) is -2.14. The van der Waals surface area contributed by atoms with Gasteiger partial charge < -0.3 is 24.5 Å². The molecular weight excluding hydrogens is 422 g/mol. The third-order valence-corrected chi connectivity index (χ3v) is 7.97. The zero-order valence-corrected chi connectivity index (χ0v) is 20.2. The van der Waals surface area contributed by atoms with Gasteiger partial charge in [0, 0.05) is 39.3 Å². The summed E-state index contributed by atoms with van der Waals surface area (Å²) in [6.07, 6.45) is 10.4. The average Bonchev–Trinajstić information content (AvgIpc) is 3.08. The number of carbonyl (C=O) groups excluding carboxylic acids is 3. The van der Waals surface area contributed by atoms with Crippen LogP contribution in [0.5, 0.6) is 0 Å². The number of hydrogen-bond acceptors (Lipinski definition) is 5. The lowest BCUT2D eigenvalue weighted by Gasteiger charge is -2.39. The molecule has 2 unspecified atom stereocenters. The second-order valence-corrected chi connectivity index (χ2v) is 9.88. The van der Waals surface area contributed by atoms with Crippen LogP contribution in [0.15, 0.2) is 24.3 Å². The monoisotopic (exact) mass is 459 g/mol. The van der Waals surface area contributed by atoms with Gasteiger partial charge in [-0.25, -0.2) is 0 Å². The Morgan fingerprint density at radius 2 is 1.82 bits per heavy atom. The summed E-state index contributed by atoms with van der Waals surface area (Å²) >= 11 is 0. The number of nitrogens with zero attached hydrogens (tertiary/aromatic N) is 3. The highest BCUT2D eigenvalue weighted by Crippen LogP contribution is 2.58. The fraction of sp³-hybridized carbons (Fsp3) is 0.720. The first kappa shape index (κ1) is 24.0. The number of ether oxygens (including phenoxy) is 1. The van der Waals surface area contributed by atoms with Crippen LogP contribution in [0, 0.1) is 11.8 Å². The Balaban J connectivity index is 1.86. The summed E-state index contributed by atoms with van der Waals surface area (Å²) in [7, 11) is 1.74.